The number of aromatic nitrogens is 3. The third-order valence-corrected chi connectivity index (χ3v) is 11.6. The fraction of sp³-hybridized carbons (Fsp3) is 0.0755. The molecule has 3 aliphatic carbocycles. The number of nitrogens with zero attached hydrogens (tertiary/aromatic N) is 3. The van der Waals surface area contributed by atoms with E-state index in [-0.39, 0.29) is 0 Å². The molecular weight excluding hydrogens is 679 g/mol. The van der Waals surface area contributed by atoms with Gasteiger partial charge in [-0.2, -0.15) is 0 Å². The summed E-state index contributed by atoms with van der Waals surface area (Å²) < 4.78 is 0. The maximum Gasteiger partial charge on any atom is 0.164 e. The Balaban J connectivity index is 0.892. The quantitative estimate of drug-likeness (QED) is 0.172. The molecule has 3 nitrogen and oxygen atoms in total. The Kier molecular flexibility index (Phi) is 7.77. The first-order chi connectivity index (χ1) is 27.7. The molecule has 11 rings (SSSR count). The maximum atomic E-state index is 4.96. The summed E-state index contributed by atoms with van der Waals surface area (Å²) in [5.74, 6) is 2.07. The molecule has 0 atom stereocenters. The molecule has 0 unspecified atom stereocenters. The molecule has 3 heteroatoms. The maximum absolute atomic E-state index is 4.96. The minimum Gasteiger partial charge on any atom is -0.208 e. The van der Waals surface area contributed by atoms with E-state index in [1.54, 1.807) is 0 Å². The van der Waals surface area contributed by atoms with E-state index in [0.29, 0.717) is 17.5 Å². The molecule has 264 valence electrons. The highest BCUT2D eigenvalue weighted by molar-refractivity contribution is 6.19. The normalized spacial score (nSPS) is 14.4. The number of benzene rings is 7. The van der Waals surface area contributed by atoms with Crippen LogP contribution in [0.3, 0.4) is 0 Å². The van der Waals surface area contributed by atoms with E-state index < -0.39 is 0 Å². The Labute approximate surface area is 326 Å². The third kappa shape index (κ3) is 5.55. The van der Waals surface area contributed by atoms with Crippen LogP contribution in [-0.2, 0) is 0 Å². The fourth-order valence-electron chi connectivity index (χ4n) is 8.82. The van der Waals surface area contributed by atoms with Gasteiger partial charge in [0.05, 0.1) is 0 Å². The summed E-state index contributed by atoms with van der Waals surface area (Å²) in [5.41, 5.74) is 16.0. The summed E-state index contributed by atoms with van der Waals surface area (Å²) in [5, 5.41) is 5.19. The van der Waals surface area contributed by atoms with Gasteiger partial charge in [0.15, 0.2) is 17.5 Å². The Morgan fingerprint density at radius 1 is 0.393 bits per heavy atom. The molecule has 0 saturated carbocycles. The van der Waals surface area contributed by atoms with Gasteiger partial charge in [0.25, 0.3) is 0 Å². The van der Waals surface area contributed by atoms with Gasteiger partial charge in [-0.05, 0) is 109 Å². The van der Waals surface area contributed by atoms with Crippen LogP contribution in [0.4, 0.5) is 0 Å². The van der Waals surface area contributed by atoms with Crippen molar-refractivity contribution in [3.63, 3.8) is 0 Å². The molecule has 0 radical (unpaired) electrons. The molecule has 0 aliphatic heterocycles. The van der Waals surface area contributed by atoms with Gasteiger partial charge in [0.1, 0.15) is 0 Å². The van der Waals surface area contributed by atoms with E-state index in [2.05, 4.69) is 158 Å². The molecule has 1 heterocycles. The van der Waals surface area contributed by atoms with Crippen LogP contribution in [0.2, 0.25) is 0 Å². The van der Waals surface area contributed by atoms with Crippen molar-refractivity contribution >= 4 is 38.3 Å². The number of fused-ring (bicyclic) bond motifs is 3. The predicted molar refractivity (Wildman–Crippen MR) is 234 cm³/mol. The summed E-state index contributed by atoms with van der Waals surface area (Å²) in [6.07, 6.45) is 15.5. The first-order valence-corrected chi connectivity index (χ1v) is 19.6. The summed E-state index contributed by atoms with van der Waals surface area (Å²) in [6.45, 7) is 0. The van der Waals surface area contributed by atoms with E-state index >= 15 is 0 Å². The highest BCUT2D eigenvalue weighted by Gasteiger charge is 2.25. The monoisotopic (exact) mass is 715 g/mol. The molecule has 1 aromatic heterocycles. The number of hydrogen-bond acceptors (Lipinski definition) is 3. The van der Waals surface area contributed by atoms with Crippen molar-refractivity contribution in [1.82, 2.24) is 15.0 Å². The van der Waals surface area contributed by atoms with Crippen LogP contribution in [0.25, 0.3) is 94.4 Å². The average molecular weight is 716 g/mol. The van der Waals surface area contributed by atoms with Crippen LogP contribution in [0.5, 0.6) is 0 Å². The Bertz CT molecular complexity index is 2980. The zero-order valence-electron chi connectivity index (χ0n) is 30.9. The summed E-state index contributed by atoms with van der Waals surface area (Å²) >= 11 is 0. The molecule has 0 spiro atoms. The molecule has 3 aliphatic rings. The van der Waals surface area contributed by atoms with Crippen molar-refractivity contribution in [2.75, 3.05) is 0 Å². The van der Waals surface area contributed by atoms with Gasteiger partial charge in [0, 0.05) is 16.7 Å². The smallest absolute Gasteiger partial charge is 0.164 e. The van der Waals surface area contributed by atoms with Gasteiger partial charge in [-0.1, -0.05) is 170 Å². The Morgan fingerprint density at radius 3 is 1.82 bits per heavy atom. The lowest BCUT2D eigenvalue weighted by atomic mass is 9.91. The van der Waals surface area contributed by atoms with Gasteiger partial charge in [0.2, 0.25) is 0 Å². The van der Waals surface area contributed by atoms with E-state index in [1.165, 1.54) is 71.6 Å². The van der Waals surface area contributed by atoms with Gasteiger partial charge in [-0.25, -0.2) is 15.0 Å². The van der Waals surface area contributed by atoms with Crippen LogP contribution >= 0.6 is 0 Å². The first kappa shape index (κ1) is 32.5. The second-order valence-corrected chi connectivity index (χ2v) is 14.9. The third-order valence-electron chi connectivity index (χ3n) is 11.6. The molecule has 0 saturated heterocycles. The summed E-state index contributed by atoms with van der Waals surface area (Å²) in [6, 6.07) is 52.8. The highest BCUT2D eigenvalue weighted by Crippen LogP contribution is 2.48. The second-order valence-electron chi connectivity index (χ2n) is 14.9. The van der Waals surface area contributed by atoms with Gasteiger partial charge >= 0.3 is 0 Å². The lowest BCUT2D eigenvalue weighted by Crippen LogP contribution is -2.03. The molecule has 0 N–H and O–H groups in total. The molecular formula is C53H37N3. The fourth-order valence-corrected chi connectivity index (χ4v) is 8.82. The van der Waals surface area contributed by atoms with Crippen molar-refractivity contribution in [2.24, 2.45) is 0 Å². The molecule has 0 bridgehead atoms. The van der Waals surface area contributed by atoms with Gasteiger partial charge in [-0.15, -0.1) is 0 Å². The van der Waals surface area contributed by atoms with Crippen LogP contribution in [0.15, 0.2) is 176 Å². The van der Waals surface area contributed by atoms with E-state index in [1.807, 2.05) is 18.2 Å². The summed E-state index contributed by atoms with van der Waals surface area (Å²) in [4.78, 5) is 14.8. The van der Waals surface area contributed by atoms with Crippen LogP contribution in [0, 0.1) is 0 Å². The zero-order chi connectivity index (χ0) is 37.0. The van der Waals surface area contributed by atoms with E-state index in [4.69, 9.17) is 15.0 Å². The molecule has 8 aromatic rings. The Morgan fingerprint density at radius 2 is 1.04 bits per heavy atom. The highest BCUT2D eigenvalue weighted by atomic mass is 15.0. The largest absolute Gasteiger partial charge is 0.208 e. The minimum atomic E-state index is 0.677. The molecule has 7 aromatic carbocycles. The van der Waals surface area contributed by atoms with E-state index in [9.17, 15) is 0 Å². The van der Waals surface area contributed by atoms with Crippen molar-refractivity contribution in [3.05, 3.63) is 193 Å². The van der Waals surface area contributed by atoms with E-state index in [0.717, 1.165) is 47.9 Å². The lowest BCUT2D eigenvalue weighted by molar-refractivity contribution is 1.01. The lowest BCUT2D eigenvalue weighted by Gasteiger charge is -2.13. The summed E-state index contributed by atoms with van der Waals surface area (Å²) in [7, 11) is 0. The average Bonchev–Trinajstić information content (AvgIpc) is 3.61. The van der Waals surface area contributed by atoms with Gasteiger partial charge in [-0.3, -0.25) is 0 Å². The molecule has 56 heavy (non-hydrogen) atoms. The Hall–Kier alpha value is -6.97. The molecule has 0 fully saturated rings. The van der Waals surface area contributed by atoms with Crippen molar-refractivity contribution in [2.45, 2.75) is 25.7 Å². The van der Waals surface area contributed by atoms with Crippen LogP contribution in [-0.4, -0.2) is 15.0 Å². The number of rotatable bonds is 6. The number of hydrogen-bond donors (Lipinski definition) is 0. The molecule has 0 amide bonds. The number of allylic oxidation sites excluding steroid dienone is 8. The van der Waals surface area contributed by atoms with Crippen molar-refractivity contribution in [1.29, 1.82) is 0 Å². The first-order valence-electron chi connectivity index (χ1n) is 19.6. The standard InChI is InChI=1S/C53H37N3/c1-3-11-37(12-4-1)51-54-52(38-13-5-2-6-14-38)56-53(55-51)39-27-25-35(26-28-39)42-18-9-15-41-33-40(29-30-44(41)42)34-21-23-36(24-22-34)43-31-32-49-46-17-8-7-16-45(46)48-20-10-19-47(43)50(48)49/h1,3-5,7,9-16,18-33H,2,6,8,17H2. The van der Waals surface area contributed by atoms with Crippen LogP contribution in [0.1, 0.15) is 42.6 Å². The van der Waals surface area contributed by atoms with Crippen molar-refractivity contribution in [3.8, 4) is 56.2 Å². The zero-order valence-corrected chi connectivity index (χ0v) is 30.9. The predicted octanol–water partition coefficient (Wildman–Crippen LogP) is 13.8. The van der Waals surface area contributed by atoms with Crippen LogP contribution < -0.4 is 0 Å². The second kappa shape index (κ2) is 13.4. The van der Waals surface area contributed by atoms with Crippen molar-refractivity contribution < 1.29 is 0 Å². The SMILES string of the molecule is C1=CC(c2nc(-c3ccccc3)nc(-c3ccc(-c4cccc5cc(-c6ccc(-c7ccc8c9c(cccc79)C7=C8CCC=C7)cc6)ccc45)cc3)n2)=CCC1. The van der Waals surface area contributed by atoms with Gasteiger partial charge < -0.3 is 0 Å². The topological polar surface area (TPSA) is 38.7 Å². The minimum absolute atomic E-state index is 0.677.